The lowest BCUT2D eigenvalue weighted by atomic mass is 9.83. The van der Waals surface area contributed by atoms with E-state index in [1.54, 1.807) is 25.3 Å². The predicted octanol–water partition coefficient (Wildman–Crippen LogP) is 3.21. The number of amides is 2. The van der Waals surface area contributed by atoms with Crippen LogP contribution in [0.4, 0.5) is 5.82 Å². The smallest absolute Gasteiger partial charge is 0.251 e. The van der Waals surface area contributed by atoms with Crippen molar-refractivity contribution in [2.75, 3.05) is 25.0 Å². The fourth-order valence-corrected chi connectivity index (χ4v) is 6.11. The lowest BCUT2D eigenvalue weighted by molar-refractivity contribution is -0.119. The van der Waals surface area contributed by atoms with E-state index in [-0.39, 0.29) is 30.4 Å². The van der Waals surface area contributed by atoms with E-state index >= 15 is 0 Å². The van der Waals surface area contributed by atoms with Gasteiger partial charge >= 0.3 is 0 Å². The van der Waals surface area contributed by atoms with Crippen LogP contribution in [0, 0.1) is 12.8 Å². The molecule has 1 saturated carbocycles. The Balaban J connectivity index is 1.07. The van der Waals surface area contributed by atoms with Gasteiger partial charge in [0.1, 0.15) is 18.2 Å². The van der Waals surface area contributed by atoms with E-state index in [0.717, 1.165) is 56.0 Å². The average molecular weight is 591 g/mol. The lowest BCUT2D eigenvalue weighted by Crippen LogP contribution is -2.43. The lowest BCUT2D eigenvalue weighted by Gasteiger charge is -2.34. The van der Waals surface area contributed by atoms with Crippen molar-refractivity contribution in [3.05, 3.63) is 71.1 Å². The molecule has 0 radical (unpaired) electrons. The van der Waals surface area contributed by atoms with Gasteiger partial charge in [0.2, 0.25) is 5.91 Å². The van der Waals surface area contributed by atoms with E-state index in [1.807, 2.05) is 13.0 Å². The predicted molar refractivity (Wildman–Crippen MR) is 162 cm³/mol. The fraction of sp³-hybridized carbons (Fsp3) is 0.500. The van der Waals surface area contributed by atoms with Crippen LogP contribution in [0.25, 0.3) is 0 Å². The van der Waals surface area contributed by atoms with E-state index in [0.29, 0.717) is 30.5 Å². The average Bonchev–Trinajstić information content (AvgIpc) is 3.38. The Labute approximate surface area is 252 Å². The quantitative estimate of drug-likeness (QED) is 0.265. The number of oxazole rings is 1. The Morgan fingerprint density at radius 1 is 1.14 bits per heavy atom. The van der Waals surface area contributed by atoms with Gasteiger partial charge in [-0.1, -0.05) is 13.0 Å². The number of ether oxygens (including phenoxy) is 1. The Morgan fingerprint density at radius 2 is 1.98 bits per heavy atom. The van der Waals surface area contributed by atoms with Crippen LogP contribution in [0.1, 0.15) is 66.0 Å². The summed E-state index contributed by atoms with van der Waals surface area (Å²) in [4.78, 5) is 35.1. The van der Waals surface area contributed by atoms with Crippen molar-refractivity contribution in [3.63, 3.8) is 0 Å². The summed E-state index contributed by atoms with van der Waals surface area (Å²) in [7, 11) is 0. The zero-order valence-corrected chi connectivity index (χ0v) is 25.1. The van der Waals surface area contributed by atoms with Gasteiger partial charge in [0.15, 0.2) is 12.2 Å². The summed E-state index contributed by atoms with van der Waals surface area (Å²) >= 11 is 0. The van der Waals surface area contributed by atoms with Gasteiger partial charge in [-0.15, -0.1) is 0 Å². The molecule has 0 spiro atoms. The number of nitrogens with zero attached hydrogens (tertiary/aromatic N) is 3. The number of aryl methyl sites for hydroxylation is 1. The first-order valence-corrected chi connectivity index (χ1v) is 15.0. The van der Waals surface area contributed by atoms with Crippen molar-refractivity contribution in [2.45, 2.75) is 77.8 Å². The van der Waals surface area contributed by atoms with Gasteiger partial charge in [-0.25, -0.2) is 9.97 Å². The number of hydrogen-bond donors (Lipinski definition) is 4. The van der Waals surface area contributed by atoms with Crippen LogP contribution in [-0.2, 0) is 24.4 Å². The number of anilines is 1. The molecule has 0 bridgehead atoms. The Kier molecular flexibility index (Phi) is 9.93. The molecule has 2 amide bonds. The van der Waals surface area contributed by atoms with Gasteiger partial charge in [0.25, 0.3) is 5.91 Å². The van der Waals surface area contributed by atoms with E-state index in [4.69, 9.17) is 9.15 Å². The topological polar surface area (TPSA) is 142 Å². The maximum Gasteiger partial charge on any atom is 0.251 e. The van der Waals surface area contributed by atoms with Gasteiger partial charge in [0.05, 0.1) is 11.8 Å². The minimum atomic E-state index is -0.702. The van der Waals surface area contributed by atoms with Crippen LogP contribution in [0.15, 0.2) is 47.3 Å². The van der Waals surface area contributed by atoms with Crippen molar-refractivity contribution in [1.29, 1.82) is 0 Å². The highest BCUT2D eigenvalue weighted by atomic mass is 16.5. The molecule has 11 nitrogen and oxygen atoms in total. The van der Waals surface area contributed by atoms with Crippen LogP contribution in [0.5, 0.6) is 5.75 Å². The van der Waals surface area contributed by atoms with Gasteiger partial charge < -0.3 is 30.2 Å². The van der Waals surface area contributed by atoms with Crippen molar-refractivity contribution in [1.82, 2.24) is 25.5 Å². The molecule has 43 heavy (non-hydrogen) atoms. The third kappa shape index (κ3) is 8.55. The number of nitrogens with one attached hydrogen (secondary N) is 3. The summed E-state index contributed by atoms with van der Waals surface area (Å²) in [6.45, 7) is 8.11. The Morgan fingerprint density at radius 3 is 2.77 bits per heavy atom. The maximum absolute atomic E-state index is 12.9. The van der Waals surface area contributed by atoms with E-state index < -0.39 is 6.10 Å². The molecule has 1 aliphatic heterocycles. The monoisotopic (exact) mass is 590 g/mol. The number of rotatable bonds is 11. The first kappa shape index (κ1) is 30.5. The highest BCUT2D eigenvalue weighted by Crippen LogP contribution is 2.27. The second-order valence-corrected chi connectivity index (χ2v) is 11.9. The standard InChI is InChI=1S/C32H42N6O5/c1-20-10-26(36-22(3)39)14-27(11-20)37-31-13-24(6-8-33-31)32(41)34-15-28(40)17-38-9-7-23-12-29(5-4-25(23)16-38)42-18-30-21(2)35-19-43-30/h4-6,8,12-13,19-20,26-28,40H,7,9-11,14-18H2,1-3H3,(H,33,37)(H,34,41)(H,36,39)/t20-,26+,27+,28-/m0/s1. The summed E-state index contributed by atoms with van der Waals surface area (Å²) in [6.07, 6.45) is 5.93. The molecule has 5 rings (SSSR count). The number of aromatic nitrogens is 2. The molecule has 4 atom stereocenters. The first-order valence-electron chi connectivity index (χ1n) is 15.0. The normalized spacial score (nSPS) is 21.0. The molecule has 2 aliphatic rings. The van der Waals surface area contributed by atoms with Crippen molar-refractivity contribution in [3.8, 4) is 5.75 Å². The van der Waals surface area contributed by atoms with Crippen LogP contribution in [0.2, 0.25) is 0 Å². The van der Waals surface area contributed by atoms with E-state index in [2.05, 4.69) is 49.9 Å². The number of benzene rings is 1. The highest BCUT2D eigenvalue weighted by Gasteiger charge is 2.27. The van der Waals surface area contributed by atoms with Crippen molar-refractivity contribution >= 4 is 17.6 Å². The number of fused-ring (bicyclic) bond motifs is 1. The summed E-state index contributed by atoms with van der Waals surface area (Å²) in [5.74, 6) is 2.34. The molecule has 230 valence electrons. The number of carbonyl (C=O) groups is 2. The molecule has 4 N–H and O–H groups in total. The van der Waals surface area contributed by atoms with Crippen molar-refractivity contribution < 1.29 is 23.8 Å². The van der Waals surface area contributed by atoms with Crippen molar-refractivity contribution in [2.24, 2.45) is 5.92 Å². The first-order chi connectivity index (χ1) is 20.7. The zero-order chi connectivity index (χ0) is 30.3. The Bertz CT molecular complexity index is 1410. The molecule has 1 aliphatic carbocycles. The van der Waals surface area contributed by atoms with Crippen LogP contribution >= 0.6 is 0 Å². The Hall–Kier alpha value is -3.96. The largest absolute Gasteiger partial charge is 0.486 e. The number of aliphatic hydroxyl groups excluding tert-OH is 1. The zero-order valence-electron chi connectivity index (χ0n) is 25.1. The molecular formula is C32H42N6O5. The molecule has 0 saturated heterocycles. The fourth-order valence-electron chi connectivity index (χ4n) is 6.11. The maximum atomic E-state index is 12.9. The van der Waals surface area contributed by atoms with Gasteiger partial charge in [-0.3, -0.25) is 14.5 Å². The molecule has 1 fully saturated rings. The third-order valence-electron chi connectivity index (χ3n) is 8.18. The molecule has 0 unspecified atom stereocenters. The second kappa shape index (κ2) is 14.0. The molecule has 1 aromatic carbocycles. The van der Waals surface area contributed by atoms with Crippen LogP contribution in [0.3, 0.4) is 0 Å². The number of carbonyl (C=O) groups excluding carboxylic acids is 2. The second-order valence-electron chi connectivity index (χ2n) is 11.9. The minimum absolute atomic E-state index is 0.0168. The number of pyridine rings is 1. The molecule has 2 aromatic heterocycles. The number of β-amino-alcohol motifs (C(OH)–C–C–N with tert-alkyl or cyclic N) is 1. The van der Waals surface area contributed by atoms with E-state index in [9.17, 15) is 14.7 Å². The number of aliphatic hydroxyl groups is 1. The molecule has 3 heterocycles. The summed E-state index contributed by atoms with van der Waals surface area (Å²) in [5.41, 5.74) is 3.75. The van der Waals surface area contributed by atoms with Crippen LogP contribution < -0.4 is 20.7 Å². The van der Waals surface area contributed by atoms with Gasteiger partial charge in [0, 0.05) is 56.9 Å². The summed E-state index contributed by atoms with van der Waals surface area (Å²) < 4.78 is 11.2. The third-order valence-corrected chi connectivity index (χ3v) is 8.18. The minimum Gasteiger partial charge on any atom is -0.486 e. The summed E-state index contributed by atoms with van der Waals surface area (Å²) in [6, 6.07) is 9.80. The molecule has 11 heteroatoms. The SMILES string of the molecule is CC(=O)N[C@@H]1C[C@H](C)C[C@@H](Nc2cc(C(=O)NC[C@H](O)CN3CCc4cc(OCc5ocnc5C)ccc4C3)ccn2)C1. The highest BCUT2D eigenvalue weighted by molar-refractivity contribution is 5.94. The van der Waals surface area contributed by atoms with Gasteiger partial charge in [-0.05, 0) is 73.9 Å². The number of hydrogen-bond acceptors (Lipinski definition) is 9. The molecule has 3 aromatic rings. The van der Waals surface area contributed by atoms with Crippen LogP contribution in [-0.4, -0.2) is 69.6 Å². The van der Waals surface area contributed by atoms with Gasteiger partial charge in [-0.2, -0.15) is 0 Å². The molecular weight excluding hydrogens is 548 g/mol. The summed E-state index contributed by atoms with van der Waals surface area (Å²) in [5, 5.41) is 20.0. The van der Waals surface area contributed by atoms with E-state index in [1.165, 1.54) is 17.5 Å².